The molecule has 132 valence electrons. The Morgan fingerprint density at radius 3 is 2.42 bits per heavy atom. The third-order valence-corrected chi connectivity index (χ3v) is 6.48. The molecule has 0 spiro atoms. The highest BCUT2D eigenvalue weighted by molar-refractivity contribution is 7.89. The first-order valence-electron chi connectivity index (χ1n) is 8.63. The summed E-state index contributed by atoms with van der Waals surface area (Å²) >= 11 is 0. The van der Waals surface area contributed by atoms with Gasteiger partial charge in [0.15, 0.2) is 5.96 Å². The van der Waals surface area contributed by atoms with Crippen LogP contribution in [0.5, 0.6) is 0 Å². The summed E-state index contributed by atoms with van der Waals surface area (Å²) in [5, 5.41) is 6.57. The second kappa shape index (κ2) is 7.53. The fourth-order valence-corrected chi connectivity index (χ4v) is 4.34. The Labute approximate surface area is 144 Å². The van der Waals surface area contributed by atoms with Crippen LogP contribution in [-0.4, -0.2) is 45.4 Å². The molecule has 0 aromatic heterocycles. The molecule has 1 aliphatic heterocycles. The van der Waals surface area contributed by atoms with Gasteiger partial charge in [0.1, 0.15) is 0 Å². The summed E-state index contributed by atoms with van der Waals surface area (Å²) in [6, 6.07) is 7.13. The van der Waals surface area contributed by atoms with E-state index in [-0.39, 0.29) is 0 Å². The summed E-state index contributed by atoms with van der Waals surface area (Å²) in [7, 11) is -1.57. The largest absolute Gasteiger partial charge is 0.356 e. The minimum absolute atomic E-state index is 0.379. The van der Waals surface area contributed by atoms with Gasteiger partial charge in [0.25, 0.3) is 0 Å². The van der Waals surface area contributed by atoms with Gasteiger partial charge >= 0.3 is 0 Å². The molecule has 7 heteroatoms. The summed E-state index contributed by atoms with van der Waals surface area (Å²) in [4.78, 5) is 4.58. The topological polar surface area (TPSA) is 73.8 Å². The third-order valence-electron chi connectivity index (χ3n) is 4.56. The first-order valence-corrected chi connectivity index (χ1v) is 10.1. The lowest BCUT2D eigenvalue weighted by Crippen LogP contribution is -2.37. The third kappa shape index (κ3) is 4.27. The predicted molar refractivity (Wildman–Crippen MR) is 95.4 cm³/mol. The van der Waals surface area contributed by atoms with Crippen LogP contribution in [0.3, 0.4) is 0 Å². The van der Waals surface area contributed by atoms with Crippen LogP contribution in [0.4, 0.5) is 0 Å². The summed E-state index contributed by atoms with van der Waals surface area (Å²) < 4.78 is 26.6. The van der Waals surface area contributed by atoms with Gasteiger partial charge in [-0.2, -0.15) is 4.31 Å². The van der Waals surface area contributed by atoms with Gasteiger partial charge in [-0.15, -0.1) is 0 Å². The Bertz CT molecular complexity index is 675. The Morgan fingerprint density at radius 1 is 1.17 bits per heavy atom. The molecule has 6 nitrogen and oxygen atoms in total. The number of benzene rings is 1. The number of nitrogens with one attached hydrogen (secondary N) is 2. The maximum absolute atomic E-state index is 12.5. The van der Waals surface area contributed by atoms with Crippen LogP contribution >= 0.6 is 0 Å². The molecule has 1 heterocycles. The van der Waals surface area contributed by atoms with Gasteiger partial charge in [0, 0.05) is 33.2 Å². The van der Waals surface area contributed by atoms with Crippen molar-refractivity contribution in [3.05, 3.63) is 29.8 Å². The van der Waals surface area contributed by atoms with Crippen LogP contribution in [0.1, 0.15) is 31.2 Å². The van der Waals surface area contributed by atoms with Gasteiger partial charge in [-0.3, -0.25) is 4.99 Å². The molecule has 1 aromatic carbocycles. The molecule has 1 aliphatic carbocycles. The SMILES string of the molecule is CN=C(NCc1ccc(S(=O)(=O)N2CCCC2)cc1)NCC1CC1. The Hall–Kier alpha value is -1.60. The van der Waals surface area contributed by atoms with Crippen LogP contribution in [0.15, 0.2) is 34.2 Å². The summed E-state index contributed by atoms with van der Waals surface area (Å²) in [5.41, 5.74) is 1.03. The number of hydrogen-bond acceptors (Lipinski definition) is 3. The van der Waals surface area contributed by atoms with Crippen molar-refractivity contribution in [1.29, 1.82) is 0 Å². The molecule has 2 aliphatic rings. The molecule has 3 rings (SSSR count). The average molecular weight is 350 g/mol. The van der Waals surface area contributed by atoms with E-state index < -0.39 is 10.0 Å². The van der Waals surface area contributed by atoms with Crippen LogP contribution in [0.25, 0.3) is 0 Å². The molecule has 2 fully saturated rings. The van der Waals surface area contributed by atoms with Crippen LogP contribution in [-0.2, 0) is 16.6 Å². The maximum Gasteiger partial charge on any atom is 0.243 e. The second-order valence-electron chi connectivity index (χ2n) is 6.51. The van der Waals surface area contributed by atoms with E-state index in [2.05, 4.69) is 15.6 Å². The standard InChI is InChI=1S/C17H26N4O2S/c1-18-17(19-12-14-4-5-14)20-13-15-6-8-16(9-7-15)24(22,23)21-10-2-3-11-21/h6-9,14H,2-5,10-13H2,1H3,(H2,18,19,20). The van der Waals surface area contributed by atoms with E-state index in [1.54, 1.807) is 23.5 Å². The quantitative estimate of drug-likeness (QED) is 0.603. The lowest BCUT2D eigenvalue weighted by Gasteiger charge is -2.16. The van der Waals surface area contributed by atoms with Crippen molar-refractivity contribution in [2.75, 3.05) is 26.7 Å². The van der Waals surface area contributed by atoms with E-state index in [1.165, 1.54) is 12.8 Å². The van der Waals surface area contributed by atoms with Crippen molar-refractivity contribution in [3.8, 4) is 0 Å². The molecule has 0 atom stereocenters. The van der Waals surface area contributed by atoms with Crippen molar-refractivity contribution in [3.63, 3.8) is 0 Å². The molecule has 24 heavy (non-hydrogen) atoms. The summed E-state index contributed by atoms with van der Waals surface area (Å²) in [6.45, 7) is 2.85. The highest BCUT2D eigenvalue weighted by Gasteiger charge is 2.26. The molecule has 1 aromatic rings. The van der Waals surface area contributed by atoms with Crippen molar-refractivity contribution in [2.45, 2.75) is 37.1 Å². The predicted octanol–water partition coefficient (Wildman–Crippen LogP) is 1.55. The zero-order chi connectivity index (χ0) is 17.0. The van der Waals surface area contributed by atoms with Crippen molar-refractivity contribution >= 4 is 16.0 Å². The monoisotopic (exact) mass is 350 g/mol. The number of nitrogens with zero attached hydrogens (tertiary/aromatic N) is 2. The number of aliphatic imine (C=N–C) groups is 1. The van der Waals surface area contributed by atoms with Gasteiger partial charge in [0.2, 0.25) is 10.0 Å². The van der Waals surface area contributed by atoms with Gasteiger partial charge in [-0.1, -0.05) is 12.1 Å². The minimum atomic E-state index is -3.33. The first kappa shape index (κ1) is 17.2. The number of rotatable bonds is 6. The summed E-state index contributed by atoms with van der Waals surface area (Å²) in [6.07, 6.45) is 4.51. The second-order valence-corrected chi connectivity index (χ2v) is 8.44. The highest BCUT2D eigenvalue weighted by Crippen LogP contribution is 2.27. The fraction of sp³-hybridized carbons (Fsp3) is 0.588. The maximum atomic E-state index is 12.5. The van der Waals surface area contributed by atoms with Gasteiger partial charge in [0.05, 0.1) is 4.90 Å². The number of sulfonamides is 1. The van der Waals surface area contributed by atoms with Crippen LogP contribution in [0.2, 0.25) is 0 Å². The van der Waals surface area contributed by atoms with E-state index in [9.17, 15) is 8.42 Å². The highest BCUT2D eigenvalue weighted by atomic mass is 32.2. The van der Waals surface area contributed by atoms with Crippen LogP contribution < -0.4 is 10.6 Å². The smallest absolute Gasteiger partial charge is 0.243 e. The van der Waals surface area contributed by atoms with Crippen molar-refractivity contribution in [1.82, 2.24) is 14.9 Å². The molecule has 1 saturated carbocycles. The average Bonchev–Trinajstić information content (AvgIpc) is 3.25. The van der Waals surface area contributed by atoms with E-state index in [0.29, 0.717) is 24.5 Å². The van der Waals surface area contributed by atoms with Crippen molar-refractivity contribution in [2.24, 2.45) is 10.9 Å². The fourth-order valence-electron chi connectivity index (χ4n) is 2.83. The molecule has 0 radical (unpaired) electrons. The lowest BCUT2D eigenvalue weighted by atomic mass is 10.2. The summed E-state index contributed by atoms with van der Waals surface area (Å²) in [5.74, 6) is 1.58. The molecule has 0 unspecified atom stereocenters. The van der Waals surface area contributed by atoms with E-state index in [1.807, 2.05) is 12.1 Å². The molecule has 0 bridgehead atoms. The van der Waals surface area contributed by atoms with Gasteiger partial charge in [-0.05, 0) is 49.3 Å². The Balaban J connectivity index is 1.55. The molecule has 2 N–H and O–H groups in total. The zero-order valence-electron chi connectivity index (χ0n) is 14.2. The van der Waals surface area contributed by atoms with Gasteiger partial charge in [-0.25, -0.2) is 8.42 Å². The normalized spacial score (nSPS) is 19.5. The minimum Gasteiger partial charge on any atom is -0.356 e. The molecular weight excluding hydrogens is 324 g/mol. The number of hydrogen-bond donors (Lipinski definition) is 2. The van der Waals surface area contributed by atoms with E-state index in [4.69, 9.17) is 0 Å². The van der Waals surface area contributed by atoms with Crippen LogP contribution in [0, 0.1) is 5.92 Å². The molecule has 0 amide bonds. The van der Waals surface area contributed by atoms with E-state index in [0.717, 1.165) is 36.8 Å². The van der Waals surface area contributed by atoms with Gasteiger partial charge < -0.3 is 10.6 Å². The van der Waals surface area contributed by atoms with Crippen molar-refractivity contribution < 1.29 is 8.42 Å². The lowest BCUT2D eigenvalue weighted by molar-refractivity contribution is 0.477. The zero-order valence-corrected chi connectivity index (χ0v) is 15.0. The Morgan fingerprint density at radius 2 is 1.83 bits per heavy atom. The first-order chi connectivity index (χ1) is 11.6. The Kier molecular flexibility index (Phi) is 5.40. The molecule has 1 saturated heterocycles. The number of guanidine groups is 1. The molecular formula is C17H26N4O2S. The van der Waals surface area contributed by atoms with E-state index >= 15 is 0 Å².